The van der Waals surface area contributed by atoms with Crippen molar-refractivity contribution in [3.8, 4) is 0 Å². The number of hydrogen-bond donors (Lipinski definition) is 1. The molecule has 1 aliphatic carbocycles. The van der Waals surface area contributed by atoms with E-state index in [9.17, 15) is 19.5 Å². The zero-order valence-electron chi connectivity index (χ0n) is 13.3. The number of amides is 1. The molecule has 6 nitrogen and oxygen atoms in total. The number of carbonyl (C=O) groups excluding carboxylic acids is 3. The predicted octanol–water partition coefficient (Wildman–Crippen LogP) is 1.52. The summed E-state index contributed by atoms with van der Waals surface area (Å²) in [4.78, 5) is 35.7. The van der Waals surface area contributed by atoms with Gasteiger partial charge in [0.25, 0.3) is 0 Å². The number of aliphatic carboxylic acids is 1. The summed E-state index contributed by atoms with van der Waals surface area (Å²) >= 11 is 1.39. The molecule has 23 heavy (non-hydrogen) atoms. The number of esters is 1. The van der Waals surface area contributed by atoms with Gasteiger partial charge in [0.2, 0.25) is 5.91 Å². The minimum atomic E-state index is -1.27. The van der Waals surface area contributed by atoms with Crippen LogP contribution in [0.3, 0.4) is 0 Å². The van der Waals surface area contributed by atoms with Crippen LogP contribution in [0.1, 0.15) is 53.9 Å². The third kappa shape index (κ3) is 4.31. The lowest BCUT2D eigenvalue weighted by molar-refractivity contribution is -0.305. The highest BCUT2D eigenvalue weighted by Crippen LogP contribution is 2.40. The van der Waals surface area contributed by atoms with Crippen molar-refractivity contribution in [2.24, 2.45) is 5.92 Å². The summed E-state index contributed by atoms with van der Waals surface area (Å²) in [5, 5.41) is 13.6. The number of carboxylic acids is 1. The molecule has 1 aliphatic rings. The van der Waals surface area contributed by atoms with Crippen LogP contribution in [0.2, 0.25) is 0 Å². The van der Waals surface area contributed by atoms with E-state index in [0.29, 0.717) is 16.5 Å². The molecule has 1 amide bonds. The molecule has 0 unspecified atom stereocenters. The molecule has 0 saturated heterocycles. The summed E-state index contributed by atoms with van der Waals surface area (Å²) in [7, 11) is 0. The molecule has 1 N–H and O–H groups in total. The van der Waals surface area contributed by atoms with Crippen molar-refractivity contribution in [1.82, 2.24) is 0 Å². The van der Waals surface area contributed by atoms with Crippen LogP contribution in [-0.4, -0.2) is 24.5 Å². The van der Waals surface area contributed by atoms with Gasteiger partial charge in [-0.25, -0.2) is 4.79 Å². The number of thiophene rings is 1. The van der Waals surface area contributed by atoms with E-state index >= 15 is 0 Å². The van der Waals surface area contributed by atoms with Gasteiger partial charge in [-0.3, -0.25) is 4.79 Å². The highest BCUT2D eigenvalue weighted by atomic mass is 32.1. The molecule has 1 atom stereocenters. The number of rotatable bonds is 6. The Kier molecular flexibility index (Phi) is 5.76. The fourth-order valence-corrected chi connectivity index (χ4v) is 4.08. The molecule has 1 heterocycles. The van der Waals surface area contributed by atoms with E-state index in [0.717, 1.165) is 29.7 Å². The van der Waals surface area contributed by atoms with Crippen LogP contribution >= 0.6 is 11.3 Å². The van der Waals surface area contributed by atoms with Crippen molar-refractivity contribution < 1.29 is 24.2 Å². The average Bonchev–Trinajstić information content (AvgIpc) is 2.82. The predicted molar refractivity (Wildman–Crippen MR) is 84.3 cm³/mol. The Balaban J connectivity index is 2.25. The molecule has 1 aromatic heterocycles. The zero-order chi connectivity index (χ0) is 17.0. The molecule has 1 aromatic rings. The molecular weight excluding hydrogens is 318 g/mol. The van der Waals surface area contributed by atoms with Gasteiger partial charge in [0.15, 0.2) is 0 Å². The first-order chi connectivity index (χ1) is 10.9. The van der Waals surface area contributed by atoms with Gasteiger partial charge in [0, 0.05) is 17.3 Å². The van der Waals surface area contributed by atoms with Crippen LogP contribution in [0.15, 0.2) is 0 Å². The minimum absolute atomic E-state index is 0.177. The first-order valence-corrected chi connectivity index (χ1v) is 8.55. The third-order valence-electron chi connectivity index (χ3n) is 3.80. The smallest absolute Gasteiger partial charge is 0.341 e. The first-order valence-electron chi connectivity index (χ1n) is 7.73. The second kappa shape index (κ2) is 7.59. The van der Waals surface area contributed by atoms with E-state index in [4.69, 9.17) is 4.74 Å². The quantitative estimate of drug-likeness (QED) is 0.793. The highest BCUT2D eigenvalue weighted by Gasteiger charge is 2.29. The molecular formula is C16H20NO5S-. The number of ether oxygens (including phenoxy) is 1. The lowest BCUT2D eigenvalue weighted by Crippen LogP contribution is -2.24. The van der Waals surface area contributed by atoms with Gasteiger partial charge in [-0.15, -0.1) is 11.3 Å². The monoisotopic (exact) mass is 338 g/mol. The Morgan fingerprint density at radius 3 is 2.74 bits per heavy atom. The van der Waals surface area contributed by atoms with Crippen LogP contribution in [0.25, 0.3) is 0 Å². The number of carboxylic acid groups (broad SMARTS) is 1. The molecule has 0 spiro atoms. The standard InChI is InChI=1S/C16H21NO5S/c1-3-22-16(21)14-10-5-4-9(2)8-11(10)23-15(14)17-12(18)6-7-13(19)20/h9H,3-8H2,1-2H3,(H,17,18)(H,19,20)/p-1/t9-/m1/s1. The highest BCUT2D eigenvalue weighted by molar-refractivity contribution is 7.17. The van der Waals surface area contributed by atoms with E-state index in [1.807, 2.05) is 0 Å². The molecule has 0 saturated carbocycles. The zero-order valence-corrected chi connectivity index (χ0v) is 14.1. The summed E-state index contributed by atoms with van der Waals surface area (Å²) in [5.41, 5.74) is 1.39. The van der Waals surface area contributed by atoms with Gasteiger partial charge in [-0.2, -0.15) is 0 Å². The van der Waals surface area contributed by atoms with E-state index in [2.05, 4.69) is 12.2 Å². The minimum Gasteiger partial charge on any atom is -0.550 e. The molecule has 0 bridgehead atoms. The van der Waals surface area contributed by atoms with Crippen molar-refractivity contribution >= 4 is 34.2 Å². The van der Waals surface area contributed by atoms with Crippen LogP contribution in [0, 0.1) is 5.92 Å². The van der Waals surface area contributed by atoms with Gasteiger partial charge in [-0.05, 0) is 44.1 Å². The molecule has 0 radical (unpaired) electrons. The van der Waals surface area contributed by atoms with E-state index < -0.39 is 17.8 Å². The average molecular weight is 338 g/mol. The second-order valence-electron chi connectivity index (χ2n) is 5.70. The maximum absolute atomic E-state index is 12.3. The SMILES string of the molecule is CCOC(=O)c1c(NC(=O)CCC(=O)[O-])sc2c1CC[C@@H](C)C2. The van der Waals surface area contributed by atoms with Gasteiger partial charge < -0.3 is 20.0 Å². The molecule has 0 fully saturated rings. The Morgan fingerprint density at radius 1 is 1.35 bits per heavy atom. The summed E-state index contributed by atoms with van der Waals surface area (Å²) in [6.07, 6.45) is 2.14. The molecule has 2 rings (SSSR count). The number of anilines is 1. The maximum Gasteiger partial charge on any atom is 0.341 e. The molecule has 126 valence electrons. The van der Waals surface area contributed by atoms with Crippen molar-refractivity contribution in [2.75, 3.05) is 11.9 Å². The summed E-state index contributed by atoms with van der Waals surface area (Å²) in [6.45, 7) is 4.15. The lowest BCUT2D eigenvalue weighted by Gasteiger charge is -2.18. The van der Waals surface area contributed by atoms with Crippen molar-refractivity contribution in [3.05, 3.63) is 16.0 Å². The normalized spacial score (nSPS) is 16.5. The first kappa shape index (κ1) is 17.5. The van der Waals surface area contributed by atoms with Crippen LogP contribution in [0.5, 0.6) is 0 Å². The second-order valence-corrected chi connectivity index (χ2v) is 6.80. The van der Waals surface area contributed by atoms with Crippen LogP contribution in [-0.2, 0) is 27.2 Å². The van der Waals surface area contributed by atoms with E-state index in [1.165, 1.54) is 11.3 Å². The molecule has 0 aliphatic heterocycles. The van der Waals surface area contributed by atoms with E-state index in [1.54, 1.807) is 6.92 Å². The van der Waals surface area contributed by atoms with Gasteiger partial charge in [0.1, 0.15) is 5.00 Å². The van der Waals surface area contributed by atoms with Crippen LogP contribution < -0.4 is 10.4 Å². The Bertz CT molecular complexity index is 622. The fraction of sp³-hybridized carbons (Fsp3) is 0.562. The van der Waals surface area contributed by atoms with Crippen molar-refractivity contribution in [1.29, 1.82) is 0 Å². The van der Waals surface area contributed by atoms with Crippen LogP contribution in [0.4, 0.5) is 5.00 Å². The third-order valence-corrected chi connectivity index (χ3v) is 4.97. The largest absolute Gasteiger partial charge is 0.550 e. The van der Waals surface area contributed by atoms with E-state index in [-0.39, 0.29) is 19.4 Å². The number of carbonyl (C=O) groups is 3. The molecule has 0 aromatic carbocycles. The number of nitrogens with one attached hydrogen (secondary N) is 1. The number of fused-ring (bicyclic) bond motifs is 1. The lowest BCUT2D eigenvalue weighted by atomic mass is 9.88. The Morgan fingerprint density at radius 2 is 2.09 bits per heavy atom. The summed E-state index contributed by atoms with van der Waals surface area (Å²) in [6, 6.07) is 0. The maximum atomic E-state index is 12.3. The summed E-state index contributed by atoms with van der Waals surface area (Å²) < 4.78 is 5.11. The van der Waals surface area contributed by atoms with Gasteiger partial charge in [0.05, 0.1) is 12.2 Å². The van der Waals surface area contributed by atoms with Crippen molar-refractivity contribution in [3.63, 3.8) is 0 Å². The fourth-order valence-electron chi connectivity index (χ4n) is 2.66. The Hall–Kier alpha value is -1.89. The molecule has 7 heteroatoms. The topological polar surface area (TPSA) is 95.5 Å². The van der Waals surface area contributed by atoms with Gasteiger partial charge >= 0.3 is 5.97 Å². The Labute approximate surface area is 138 Å². The van der Waals surface area contributed by atoms with Gasteiger partial charge in [-0.1, -0.05) is 6.92 Å². The summed E-state index contributed by atoms with van der Waals surface area (Å²) in [5.74, 6) is -1.61. The van der Waals surface area contributed by atoms with Crippen molar-refractivity contribution in [2.45, 2.75) is 46.0 Å². The number of hydrogen-bond acceptors (Lipinski definition) is 6.